The first-order valence-electron chi connectivity index (χ1n) is 8.35. The van der Waals surface area contributed by atoms with Crippen LogP contribution in [0.5, 0.6) is 5.75 Å². The zero-order chi connectivity index (χ0) is 16.4. The van der Waals surface area contributed by atoms with Crippen LogP contribution in [-0.2, 0) is 9.59 Å². The van der Waals surface area contributed by atoms with Gasteiger partial charge in [-0.05, 0) is 43.4 Å². The highest BCUT2D eigenvalue weighted by Crippen LogP contribution is 2.38. The molecule has 2 fully saturated rings. The van der Waals surface area contributed by atoms with Crippen LogP contribution in [0, 0.1) is 11.8 Å². The van der Waals surface area contributed by atoms with Crippen LogP contribution in [-0.4, -0.2) is 36.9 Å². The normalized spacial score (nSPS) is 23.9. The summed E-state index contributed by atoms with van der Waals surface area (Å²) in [4.78, 5) is 26.7. The maximum Gasteiger partial charge on any atom is 0.226 e. The molecule has 0 bridgehead atoms. The molecular formula is C18H24N2O3. The molecule has 1 N–H and O–H groups in total. The van der Waals surface area contributed by atoms with Crippen molar-refractivity contribution in [3.8, 4) is 5.75 Å². The van der Waals surface area contributed by atoms with Gasteiger partial charge in [-0.25, -0.2) is 0 Å². The van der Waals surface area contributed by atoms with Crippen LogP contribution < -0.4 is 10.1 Å². The van der Waals surface area contributed by atoms with E-state index in [1.807, 2.05) is 36.1 Å². The molecule has 1 heterocycles. The van der Waals surface area contributed by atoms with Gasteiger partial charge in [-0.3, -0.25) is 9.59 Å². The predicted octanol–water partition coefficient (Wildman–Crippen LogP) is 2.13. The smallest absolute Gasteiger partial charge is 0.226 e. The van der Waals surface area contributed by atoms with E-state index in [4.69, 9.17) is 4.74 Å². The van der Waals surface area contributed by atoms with Crippen LogP contribution in [0.1, 0.15) is 37.8 Å². The van der Waals surface area contributed by atoms with E-state index in [0.717, 1.165) is 17.9 Å². The fourth-order valence-corrected chi connectivity index (χ4v) is 3.31. The second-order valence-electron chi connectivity index (χ2n) is 6.40. The quantitative estimate of drug-likeness (QED) is 0.874. The summed E-state index contributed by atoms with van der Waals surface area (Å²) in [5.41, 5.74) is 0.991. The lowest BCUT2D eigenvalue weighted by Gasteiger charge is -2.27. The van der Waals surface area contributed by atoms with E-state index in [0.29, 0.717) is 18.9 Å². The van der Waals surface area contributed by atoms with Gasteiger partial charge in [0.05, 0.1) is 19.1 Å². The van der Waals surface area contributed by atoms with Crippen molar-refractivity contribution in [2.45, 2.75) is 32.2 Å². The van der Waals surface area contributed by atoms with Crippen LogP contribution in [0.4, 0.5) is 0 Å². The number of hydrogen-bond acceptors (Lipinski definition) is 3. The minimum Gasteiger partial charge on any atom is -0.497 e. The van der Waals surface area contributed by atoms with Gasteiger partial charge in [-0.2, -0.15) is 0 Å². The Kier molecular flexibility index (Phi) is 4.55. The minimum atomic E-state index is -0.311. The maximum atomic E-state index is 12.6. The van der Waals surface area contributed by atoms with E-state index in [9.17, 15) is 9.59 Å². The topological polar surface area (TPSA) is 58.6 Å². The molecule has 2 amide bonds. The van der Waals surface area contributed by atoms with Crippen molar-refractivity contribution in [1.82, 2.24) is 10.2 Å². The zero-order valence-electron chi connectivity index (χ0n) is 13.7. The summed E-state index contributed by atoms with van der Waals surface area (Å²) in [5.74, 6) is 1.16. The molecule has 124 valence electrons. The van der Waals surface area contributed by atoms with Crippen LogP contribution in [0.15, 0.2) is 24.3 Å². The molecule has 1 saturated carbocycles. The average molecular weight is 316 g/mol. The number of methoxy groups -OCH3 is 1. The molecule has 0 unspecified atom stereocenters. The summed E-state index contributed by atoms with van der Waals surface area (Å²) in [6.07, 6.45) is 2.70. The third kappa shape index (κ3) is 3.33. The molecule has 0 aromatic heterocycles. The molecule has 1 aliphatic heterocycles. The monoisotopic (exact) mass is 316 g/mol. The molecule has 1 aromatic rings. The number of benzene rings is 1. The molecular weight excluding hydrogens is 292 g/mol. The molecule has 5 heteroatoms. The van der Waals surface area contributed by atoms with Crippen molar-refractivity contribution in [2.24, 2.45) is 11.8 Å². The van der Waals surface area contributed by atoms with Gasteiger partial charge in [-0.15, -0.1) is 0 Å². The first kappa shape index (κ1) is 15.8. The summed E-state index contributed by atoms with van der Waals surface area (Å²) in [6, 6.07) is 7.48. The van der Waals surface area contributed by atoms with E-state index >= 15 is 0 Å². The predicted molar refractivity (Wildman–Crippen MR) is 87.0 cm³/mol. The zero-order valence-corrected chi connectivity index (χ0v) is 13.7. The van der Waals surface area contributed by atoms with Gasteiger partial charge in [0.25, 0.3) is 0 Å². The molecule has 1 saturated heterocycles. The fraction of sp³-hybridized carbons (Fsp3) is 0.556. The maximum absolute atomic E-state index is 12.6. The van der Waals surface area contributed by atoms with Crippen LogP contribution in [0.3, 0.4) is 0 Å². The Hall–Kier alpha value is -2.04. The summed E-state index contributed by atoms with van der Waals surface area (Å²) in [7, 11) is 1.63. The Bertz CT molecular complexity index is 580. The first-order chi connectivity index (χ1) is 11.1. The molecule has 3 rings (SSSR count). The Morgan fingerprint density at radius 2 is 2.00 bits per heavy atom. The number of hydrogen-bond donors (Lipinski definition) is 1. The number of ether oxygens (including phenoxy) is 1. The number of likely N-dealkylation sites (tertiary alicyclic amines) is 1. The van der Waals surface area contributed by atoms with E-state index in [2.05, 4.69) is 5.32 Å². The molecule has 1 aliphatic carbocycles. The van der Waals surface area contributed by atoms with Gasteiger partial charge in [0.15, 0.2) is 0 Å². The van der Waals surface area contributed by atoms with E-state index in [1.165, 1.54) is 12.8 Å². The lowest BCUT2D eigenvalue weighted by Crippen LogP contribution is -2.36. The Morgan fingerprint density at radius 3 is 2.57 bits per heavy atom. The molecule has 0 radical (unpaired) electrons. The van der Waals surface area contributed by atoms with Crippen molar-refractivity contribution < 1.29 is 14.3 Å². The van der Waals surface area contributed by atoms with Crippen LogP contribution in [0.25, 0.3) is 0 Å². The van der Waals surface area contributed by atoms with Gasteiger partial charge in [0.2, 0.25) is 11.8 Å². The number of carbonyl (C=O) groups is 2. The first-order valence-corrected chi connectivity index (χ1v) is 8.35. The number of nitrogens with zero attached hydrogens (tertiary/aromatic N) is 1. The Labute approximate surface area is 137 Å². The molecule has 2 atom stereocenters. The summed E-state index contributed by atoms with van der Waals surface area (Å²) in [6.45, 7) is 3.31. The SMILES string of the molecule is CCN1C(=O)C[C@@H](C(=O)NCC2CC2)[C@@H]1c1ccc(OC)cc1. The number of nitrogens with one attached hydrogen (secondary N) is 1. The van der Waals surface area contributed by atoms with Crippen LogP contribution in [0.2, 0.25) is 0 Å². The van der Waals surface area contributed by atoms with E-state index in [1.54, 1.807) is 7.11 Å². The van der Waals surface area contributed by atoms with Gasteiger partial charge in [-0.1, -0.05) is 12.1 Å². The Balaban J connectivity index is 1.80. The number of carbonyl (C=O) groups excluding carboxylic acids is 2. The lowest BCUT2D eigenvalue weighted by atomic mass is 9.92. The highest BCUT2D eigenvalue weighted by atomic mass is 16.5. The molecule has 2 aliphatic rings. The third-order valence-corrected chi connectivity index (χ3v) is 4.83. The van der Waals surface area contributed by atoms with E-state index < -0.39 is 0 Å². The molecule has 1 aromatic carbocycles. The van der Waals surface area contributed by atoms with Crippen molar-refractivity contribution in [2.75, 3.05) is 20.2 Å². The Morgan fingerprint density at radius 1 is 1.30 bits per heavy atom. The minimum absolute atomic E-state index is 0.00187. The highest BCUT2D eigenvalue weighted by Gasteiger charge is 2.43. The fourth-order valence-electron chi connectivity index (χ4n) is 3.31. The lowest BCUT2D eigenvalue weighted by molar-refractivity contribution is -0.129. The highest BCUT2D eigenvalue weighted by molar-refractivity contribution is 5.90. The third-order valence-electron chi connectivity index (χ3n) is 4.83. The summed E-state index contributed by atoms with van der Waals surface area (Å²) >= 11 is 0. The van der Waals surface area contributed by atoms with Crippen molar-refractivity contribution >= 4 is 11.8 Å². The standard InChI is InChI=1S/C18H24N2O3/c1-3-20-16(21)10-15(18(22)19-11-12-4-5-12)17(20)13-6-8-14(23-2)9-7-13/h6-9,12,15,17H,3-5,10-11H2,1-2H3,(H,19,22)/t15-,17+/m1/s1. The van der Waals surface area contributed by atoms with Crippen molar-refractivity contribution in [3.63, 3.8) is 0 Å². The van der Waals surface area contributed by atoms with Gasteiger partial charge in [0.1, 0.15) is 5.75 Å². The van der Waals surface area contributed by atoms with Crippen LogP contribution >= 0.6 is 0 Å². The van der Waals surface area contributed by atoms with Crippen molar-refractivity contribution in [1.29, 1.82) is 0 Å². The molecule has 23 heavy (non-hydrogen) atoms. The largest absolute Gasteiger partial charge is 0.497 e. The molecule has 0 spiro atoms. The van der Waals surface area contributed by atoms with Gasteiger partial charge < -0.3 is 15.0 Å². The second kappa shape index (κ2) is 6.60. The van der Waals surface area contributed by atoms with E-state index in [-0.39, 0.29) is 23.8 Å². The molecule has 5 nitrogen and oxygen atoms in total. The number of amides is 2. The second-order valence-corrected chi connectivity index (χ2v) is 6.40. The number of rotatable bonds is 6. The van der Waals surface area contributed by atoms with Gasteiger partial charge >= 0.3 is 0 Å². The van der Waals surface area contributed by atoms with Gasteiger partial charge in [0, 0.05) is 19.5 Å². The van der Waals surface area contributed by atoms with Crippen molar-refractivity contribution in [3.05, 3.63) is 29.8 Å². The average Bonchev–Trinajstić information content (AvgIpc) is 3.34. The summed E-state index contributed by atoms with van der Waals surface area (Å²) in [5, 5.41) is 3.03. The summed E-state index contributed by atoms with van der Waals surface area (Å²) < 4.78 is 5.19.